The van der Waals surface area contributed by atoms with Gasteiger partial charge in [0.1, 0.15) is 11.0 Å². The minimum absolute atomic E-state index is 0.551. The van der Waals surface area contributed by atoms with Crippen LogP contribution in [0.15, 0.2) is 33.6 Å². The van der Waals surface area contributed by atoms with Crippen LogP contribution in [-0.4, -0.2) is 9.97 Å². The summed E-state index contributed by atoms with van der Waals surface area (Å²) in [6, 6.07) is 8.12. The van der Waals surface area contributed by atoms with Gasteiger partial charge in [0.05, 0.1) is 15.0 Å². The number of hydrogen-bond acceptors (Lipinski definition) is 3. The number of thioether (sulfide) groups is 1. The molecule has 0 saturated heterocycles. The highest BCUT2D eigenvalue weighted by Crippen LogP contribution is 2.29. The van der Waals surface area contributed by atoms with E-state index in [4.69, 9.17) is 11.6 Å². The molecule has 1 heterocycles. The molecule has 0 amide bonds. The SMILES string of the molecule is CCc1nc(CSc2ccccc2Br)nc(Cl)c1I. The summed E-state index contributed by atoms with van der Waals surface area (Å²) >= 11 is 13.6. The molecule has 0 bridgehead atoms. The average Bonchev–Trinajstić information content (AvgIpc) is 2.41. The van der Waals surface area contributed by atoms with Gasteiger partial charge >= 0.3 is 0 Å². The minimum Gasteiger partial charge on any atom is -0.236 e. The lowest BCUT2D eigenvalue weighted by Crippen LogP contribution is -2.01. The first-order valence-corrected chi connectivity index (χ1v) is 8.93. The van der Waals surface area contributed by atoms with Gasteiger partial charge in [0.25, 0.3) is 0 Å². The molecule has 0 N–H and O–H groups in total. The summed E-state index contributed by atoms with van der Waals surface area (Å²) in [7, 11) is 0. The second kappa shape index (κ2) is 7.24. The lowest BCUT2D eigenvalue weighted by Gasteiger charge is -2.07. The van der Waals surface area contributed by atoms with Crippen LogP contribution < -0.4 is 0 Å². The summed E-state index contributed by atoms with van der Waals surface area (Å²) in [5, 5.41) is 0.551. The molecule has 0 spiro atoms. The lowest BCUT2D eigenvalue weighted by molar-refractivity contribution is 0.927. The fraction of sp³-hybridized carbons (Fsp3) is 0.231. The molecule has 0 aliphatic heterocycles. The van der Waals surface area contributed by atoms with Gasteiger partial charge < -0.3 is 0 Å². The van der Waals surface area contributed by atoms with E-state index >= 15 is 0 Å². The van der Waals surface area contributed by atoms with Crippen LogP contribution in [0, 0.1) is 3.57 Å². The Kier molecular flexibility index (Phi) is 5.92. The second-order valence-electron chi connectivity index (χ2n) is 3.76. The summed E-state index contributed by atoms with van der Waals surface area (Å²) in [5.41, 5.74) is 1.02. The maximum atomic E-state index is 6.13. The Morgan fingerprint density at radius 2 is 2.05 bits per heavy atom. The number of aromatic nitrogens is 2. The van der Waals surface area contributed by atoms with Crippen LogP contribution in [0.5, 0.6) is 0 Å². The van der Waals surface area contributed by atoms with Gasteiger partial charge in [0.15, 0.2) is 0 Å². The van der Waals surface area contributed by atoms with Crippen molar-refractivity contribution in [3.05, 3.63) is 49.0 Å². The molecule has 0 saturated carbocycles. The highest BCUT2D eigenvalue weighted by atomic mass is 127. The third kappa shape index (κ3) is 4.06. The molecule has 0 fully saturated rings. The van der Waals surface area contributed by atoms with Crippen molar-refractivity contribution in [3.63, 3.8) is 0 Å². The van der Waals surface area contributed by atoms with E-state index in [1.54, 1.807) is 11.8 Å². The summed E-state index contributed by atoms with van der Waals surface area (Å²) < 4.78 is 2.05. The second-order valence-corrected chi connectivity index (χ2v) is 7.07. The Morgan fingerprint density at radius 3 is 2.74 bits per heavy atom. The molecule has 6 heteroatoms. The highest BCUT2D eigenvalue weighted by molar-refractivity contribution is 14.1. The Bertz CT molecular complexity index is 595. The summed E-state index contributed by atoms with van der Waals surface area (Å²) in [5.74, 6) is 1.50. The fourth-order valence-electron chi connectivity index (χ4n) is 1.51. The van der Waals surface area contributed by atoms with Gasteiger partial charge in [0, 0.05) is 9.37 Å². The van der Waals surface area contributed by atoms with E-state index in [0.29, 0.717) is 10.9 Å². The van der Waals surface area contributed by atoms with E-state index in [1.807, 2.05) is 18.2 Å². The van der Waals surface area contributed by atoms with Crippen molar-refractivity contribution in [2.45, 2.75) is 24.0 Å². The molecule has 0 radical (unpaired) electrons. The van der Waals surface area contributed by atoms with Crippen LogP contribution in [0.25, 0.3) is 0 Å². The van der Waals surface area contributed by atoms with E-state index < -0.39 is 0 Å². The standard InChI is InChI=1S/C13H11BrClIN2S/c1-2-9-12(16)13(15)18-11(17-9)7-19-10-6-4-3-5-8(10)14/h3-6H,2,7H2,1H3. The Hall–Kier alpha value is 0.150. The first-order chi connectivity index (χ1) is 9.11. The van der Waals surface area contributed by atoms with E-state index in [0.717, 1.165) is 26.0 Å². The van der Waals surface area contributed by atoms with E-state index in [1.165, 1.54) is 4.90 Å². The van der Waals surface area contributed by atoms with Crippen LogP contribution in [-0.2, 0) is 12.2 Å². The van der Waals surface area contributed by atoms with Gasteiger partial charge in [-0.2, -0.15) is 0 Å². The quantitative estimate of drug-likeness (QED) is 0.343. The first-order valence-electron chi connectivity index (χ1n) is 5.70. The normalized spacial score (nSPS) is 10.7. The molecule has 2 aromatic rings. The van der Waals surface area contributed by atoms with Gasteiger partial charge in [-0.15, -0.1) is 11.8 Å². The minimum atomic E-state index is 0.551. The van der Waals surface area contributed by atoms with E-state index in [2.05, 4.69) is 61.5 Å². The zero-order valence-corrected chi connectivity index (χ0v) is 15.5. The number of benzene rings is 1. The third-order valence-corrected chi connectivity index (χ3v) is 6.20. The number of hydrogen-bond donors (Lipinski definition) is 0. The maximum absolute atomic E-state index is 6.13. The average molecular weight is 470 g/mol. The van der Waals surface area contributed by atoms with Crippen molar-refractivity contribution in [1.82, 2.24) is 9.97 Å². The highest BCUT2D eigenvalue weighted by Gasteiger charge is 2.10. The molecule has 19 heavy (non-hydrogen) atoms. The van der Waals surface area contributed by atoms with Crippen molar-refractivity contribution in [2.24, 2.45) is 0 Å². The molecule has 1 aromatic heterocycles. The predicted octanol–water partition coefficient (Wildman–Crippen LogP) is 5.35. The topological polar surface area (TPSA) is 25.8 Å². The van der Waals surface area contributed by atoms with Crippen LogP contribution in [0.1, 0.15) is 18.4 Å². The summed E-state index contributed by atoms with van der Waals surface area (Å²) in [4.78, 5) is 10.1. The Balaban J connectivity index is 2.16. The molecule has 1 aromatic carbocycles. The maximum Gasteiger partial charge on any atom is 0.146 e. The fourth-order valence-corrected chi connectivity index (χ4v) is 3.77. The number of halogens is 3. The summed E-state index contributed by atoms with van der Waals surface area (Å²) in [6.45, 7) is 2.07. The Morgan fingerprint density at radius 1 is 1.32 bits per heavy atom. The Labute approximate surface area is 144 Å². The molecular weight excluding hydrogens is 458 g/mol. The largest absolute Gasteiger partial charge is 0.236 e. The van der Waals surface area contributed by atoms with Crippen molar-refractivity contribution >= 4 is 61.9 Å². The van der Waals surface area contributed by atoms with Crippen LogP contribution in [0.2, 0.25) is 5.15 Å². The van der Waals surface area contributed by atoms with Crippen LogP contribution in [0.3, 0.4) is 0 Å². The molecule has 0 atom stereocenters. The van der Waals surface area contributed by atoms with Crippen LogP contribution in [0.4, 0.5) is 0 Å². The predicted molar refractivity (Wildman–Crippen MR) is 92.8 cm³/mol. The van der Waals surface area contributed by atoms with Crippen LogP contribution >= 0.6 is 61.9 Å². The molecule has 0 aliphatic carbocycles. The first kappa shape index (κ1) is 15.5. The van der Waals surface area contributed by atoms with Gasteiger partial charge in [-0.1, -0.05) is 30.7 Å². The molecule has 2 nitrogen and oxygen atoms in total. The number of nitrogens with zero attached hydrogens (tertiary/aromatic N) is 2. The van der Waals surface area contributed by atoms with Crippen molar-refractivity contribution < 1.29 is 0 Å². The third-order valence-electron chi connectivity index (χ3n) is 2.45. The number of aryl methyl sites for hydroxylation is 1. The van der Waals surface area contributed by atoms with Crippen molar-refractivity contribution in [2.75, 3.05) is 0 Å². The molecule has 2 rings (SSSR count). The monoisotopic (exact) mass is 468 g/mol. The molecule has 0 aliphatic rings. The molecular formula is C13H11BrClIN2S. The molecule has 100 valence electrons. The summed E-state index contributed by atoms with van der Waals surface area (Å²) in [6.07, 6.45) is 0.868. The van der Waals surface area contributed by atoms with E-state index in [9.17, 15) is 0 Å². The zero-order chi connectivity index (χ0) is 13.8. The van der Waals surface area contributed by atoms with E-state index in [-0.39, 0.29) is 0 Å². The zero-order valence-electron chi connectivity index (χ0n) is 10.2. The lowest BCUT2D eigenvalue weighted by atomic mass is 10.3. The van der Waals surface area contributed by atoms with Crippen molar-refractivity contribution in [1.29, 1.82) is 0 Å². The smallest absolute Gasteiger partial charge is 0.146 e. The van der Waals surface area contributed by atoms with Gasteiger partial charge in [-0.05, 0) is 57.1 Å². The van der Waals surface area contributed by atoms with Gasteiger partial charge in [0.2, 0.25) is 0 Å². The van der Waals surface area contributed by atoms with Crippen molar-refractivity contribution in [3.8, 4) is 0 Å². The van der Waals surface area contributed by atoms with Gasteiger partial charge in [-0.25, -0.2) is 9.97 Å². The van der Waals surface area contributed by atoms with Gasteiger partial charge in [-0.3, -0.25) is 0 Å². The number of rotatable bonds is 4. The molecule has 0 unspecified atom stereocenters.